The number of halogens is 1. The Bertz CT molecular complexity index is 743. The molecular weight excluding hydrogens is 383 g/mol. The fourth-order valence-corrected chi connectivity index (χ4v) is 2.56. The van der Waals surface area contributed by atoms with Crippen molar-refractivity contribution >= 4 is 40.0 Å². The van der Waals surface area contributed by atoms with Crippen LogP contribution in [0.2, 0.25) is 0 Å². The molecule has 3 rings (SSSR count). The first-order valence-electron chi connectivity index (χ1n) is 6.23. The summed E-state index contributed by atoms with van der Waals surface area (Å²) in [5.41, 5.74) is 5.15. The summed E-state index contributed by atoms with van der Waals surface area (Å²) in [7, 11) is 0. The normalized spacial score (nSPS) is 14.6. The molecule has 0 radical (unpaired) electrons. The molecule has 0 saturated heterocycles. The van der Waals surface area contributed by atoms with Crippen molar-refractivity contribution in [1.82, 2.24) is 0 Å². The Hall–Kier alpha value is -2.09. The van der Waals surface area contributed by atoms with Gasteiger partial charge < -0.3 is 9.84 Å². The number of para-hydroxylation sites is 1. The standard InChI is InChI=1S/C15H11IN2O3/c16-9-5-6-14-11(7-9)13(8-21-14)18-17-12-4-2-1-3-10(12)15(19)20/h1-7,17H,8H2,(H,19,20)/b18-13+. The van der Waals surface area contributed by atoms with E-state index in [-0.39, 0.29) is 5.56 Å². The van der Waals surface area contributed by atoms with Crippen LogP contribution in [0.5, 0.6) is 5.75 Å². The molecule has 0 spiro atoms. The Balaban J connectivity index is 1.89. The second-order valence-electron chi connectivity index (χ2n) is 4.45. The van der Waals surface area contributed by atoms with Gasteiger partial charge in [0.15, 0.2) is 0 Å². The van der Waals surface area contributed by atoms with Gasteiger partial charge in [0.2, 0.25) is 0 Å². The quantitative estimate of drug-likeness (QED) is 0.620. The number of fused-ring (bicyclic) bond motifs is 1. The van der Waals surface area contributed by atoms with E-state index in [1.54, 1.807) is 18.2 Å². The van der Waals surface area contributed by atoms with Gasteiger partial charge in [-0.1, -0.05) is 12.1 Å². The molecule has 0 saturated carbocycles. The summed E-state index contributed by atoms with van der Waals surface area (Å²) in [5, 5.41) is 13.4. The number of ether oxygens (including phenoxy) is 1. The van der Waals surface area contributed by atoms with Crippen LogP contribution in [0.1, 0.15) is 15.9 Å². The molecule has 106 valence electrons. The number of aromatic carboxylic acids is 1. The lowest BCUT2D eigenvalue weighted by atomic mass is 10.1. The van der Waals surface area contributed by atoms with Crippen molar-refractivity contribution in [3.8, 4) is 5.75 Å². The van der Waals surface area contributed by atoms with Crippen molar-refractivity contribution in [1.29, 1.82) is 0 Å². The lowest BCUT2D eigenvalue weighted by molar-refractivity contribution is 0.0698. The summed E-state index contributed by atoms with van der Waals surface area (Å²) in [6, 6.07) is 12.5. The molecule has 0 aliphatic carbocycles. The highest BCUT2D eigenvalue weighted by Crippen LogP contribution is 2.27. The van der Waals surface area contributed by atoms with Crippen LogP contribution in [0.4, 0.5) is 5.69 Å². The molecule has 0 bridgehead atoms. The minimum atomic E-state index is -0.990. The van der Waals surface area contributed by atoms with Gasteiger partial charge in [-0.3, -0.25) is 5.43 Å². The Labute approximate surface area is 134 Å². The number of hydrogen-bond donors (Lipinski definition) is 2. The summed E-state index contributed by atoms with van der Waals surface area (Å²) in [6.45, 7) is 0.373. The number of carboxylic acid groups (broad SMARTS) is 1. The highest BCUT2D eigenvalue weighted by atomic mass is 127. The van der Waals surface area contributed by atoms with E-state index in [0.29, 0.717) is 12.3 Å². The Morgan fingerprint density at radius 3 is 2.90 bits per heavy atom. The topological polar surface area (TPSA) is 70.9 Å². The van der Waals surface area contributed by atoms with Crippen LogP contribution in [0.3, 0.4) is 0 Å². The van der Waals surface area contributed by atoms with Crippen LogP contribution in [0.25, 0.3) is 0 Å². The number of nitrogens with zero attached hydrogens (tertiary/aromatic N) is 1. The monoisotopic (exact) mass is 394 g/mol. The Morgan fingerprint density at radius 2 is 2.10 bits per heavy atom. The molecule has 21 heavy (non-hydrogen) atoms. The predicted octanol–water partition coefficient (Wildman–Crippen LogP) is 3.20. The molecule has 2 N–H and O–H groups in total. The molecule has 0 atom stereocenters. The largest absolute Gasteiger partial charge is 0.487 e. The highest BCUT2D eigenvalue weighted by molar-refractivity contribution is 14.1. The van der Waals surface area contributed by atoms with E-state index in [0.717, 1.165) is 20.6 Å². The van der Waals surface area contributed by atoms with E-state index in [1.165, 1.54) is 6.07 Å². The van der Waals surface area contributed by atoms with E-state index >= 15 is 0 Å². The molecule has 1 aliphatic rings. The van der Waals surface area contributed by atoms with Crippen molar-refractivity contribution in [3.63, 3.8) is 0 Å². The van der Waals surface area contributed by atoms with Gasteiger partial charge in [-0.2, -0.15) is 5.10 Å². The third kappa shape index (κ3) is 2.85. The van der Waals surface area contributed by atoms with Gasteiger partial charge in [0.05, 0.1) is 11.3 Å². The maximum atomic E-state index is 11.1. The van der Waals surface area contributed by atoms with E-state index < -0.39 is 5.97 Å². The number of nitrogens with one attached hydrogen (secondary N) is 1. The van der Waals surface area contributed by atoms with E-state index in [1.807, 2.05) is 18.2 Å². The van der Waals surface area contributed by atoms with Crippen molar-refractivity contribution in [2.75, 3.05) is 12.0 Å². The van der Waals surface area contributed by atoms with Gasteiger partial charge in [-0.15, -0.1) is 0 Å². The molecule has 0 amide bonds. The zero-order chi connectivity index (χ0) is 14.8. The number of rotatable bonds is 3. The van der Waals surface area contributed by atoms with Crippen molar-refractivity contribution in [2.45, 2.75) is 0 Å². The van der Waals surface area contributed by atoms with Gasteiger partial charge in [-0.25, -0.2) is 4.79 Å². The molecule has 1 heterocycles. The lowest BCUT2D eigenvalue weighted by Crippen LogP contribution is -2.08. The molecule has 1 aliphatic heterocycles. The Kier molecular flexibility index (Phi) is 3.78. The van der Waals surface area contributed by atoms with Gasteiger partial charge >= 0.3 is 5.97 Å². The van der Waals surface area contributed by atoms with Gasteiger partial charge in [0.1, 0.15) is 18.1 Å². The average molecular weight is 394 g/mol. The molecule has 2 aromatic carbocycles. The summed E-state index contributed by atoms with van der Waals surface area (Å²) < 4.78 is 6.63. The zero-order valence-corrected chi connectivity index (χ0v) is 13.0. The van der Waals surface area contributed by atoms with Crippen LogP contribution in [-0.4, -0.2) is 23.4 Å². The fraction of sp³-hybridized carbons (Fsp3) is 0.0667. The minimum Gasteiger partial charge on any atom is -0.487 e. The first-order chi connectivity index (χ1) is 10.1. The number of carbonyl (C=O) groups is 1. The molecular formula is C15H11IN2O3. The number of anilines is 1. The number of benzene rings is 2. The Morgan fingerprint density at radius 1 is 1.29 bits per heavy atom. The summed E-state index contributed by atoms with van der Waals surface area (Å²) in [6.07, 6.45) is 0. The summed E-state index contributed by atoms with van der Waals surface area (Å²) in [5.74, 6) is -0.196. The summed E-state index contributed by atoms with van der Waals surface area (Å²) >= 11 is 2.23. The van der Waals surface area contributed by atoms with E-state index in [4.69, 9.17) is 9.84 Å². The molecule has 6 heteroatoms. The maximum absolute atomic E-state index is 11.1. The van der Waals surface area contributed by atoms with Crippen molar-refractivity contribution in [2.24, 2.45) is 5.10 Å². The van der Waals surface area contributed by atoms with Crippen LogP contribution < -0.4 is 10.2 Å². The zero-order valence-electron chi connectivity index (χ0n) is 10.8. The van der Waals surface area contributed by atoms with E-state index in [9.17, 15) is 4.79 Å². The van der Waals surface area contributed by atoms with Gasteiger partial charge in [0.25, 0.3) is 0 Å². The van der Waals surface area contributed by atoms with Crippen LogP contribution in [0, 0.1) is 3.57 Å². The SMILES string of the molecule is O=C(O)c1ccccc1N/N=C1\COc2ccc(I)cc21. The molecule has 5 nitrogen and oxygen atoms in total. The van der Waals surface area contributed by atoms with Crippen molar-refractivity contribution < 1.29 is 14.6 Å². The van der Waals surface area contributed by atoms with E-state index in [2.05, 4.69) is 33.1 Å². The third-order valence-corrected chi connectivity index (χ3v) is 3.76. The lowest BCUT2D eigenvalue weighted by Gasteiger charge is -2.05. The number of hydrogen-bond acceptors (Lipinski definition) is 4. The average Bonchev–Trinajstić information content (AvgIpc) is 2.87. The van der Waals surface area contributed by atoms with Crippen molar-refractivity contribution in [3.05, 3.63) is 57.2 Å². The molecule has 2 aromatic rings. The predicted molar refractivity (Wildman–Crippen MR) is 88.2 cm³/mol. The second-order valence-corrected chi connectivity index (χ2v) is 5.70. The smallest absolute Gasteiger partial charge is 0.337 e. The number of carboxylic acids is 1. The molecule has 0 unspecified atom stereocenters. The molecule has 0 fully saturated rings. The van der Waals surface area contributed by atoms with Crippen LogP contribution >= 0.6 is 22.6 Å². The second kappa shape index (κ2) is 5.72. The van der Waals surface area contributed by atoms with Gasteiger partial charge in [0, 0.05) is 9.13 Å². The first kappa shape index (κ1) is 13.9. The highest BCUT2D eigenvalue weighted by Gasteiger charge is 2.19. The minimum absolute atomic E-state index is 0.184. The van der Waals surface area contributed by atoms with Crippen LogP contribution in [-0.2, 0) is 0 Å². The molecule has 0 aromatic heterocycles. The summed E-state index contributed by atoms with van der Waals surface area (Å²) in [4.78, 5) is 11.1. The maximum Gasteiger partial charge on any atom is 0.337 e. The van der Waals surface area contributed by atoms with Gasteiger partial charge in [-0.05, 0) is 52.9 Å². The van der Waals surface area contributed by atoms with Crippen LogP contribution in [0.15, 0.2) is 47.6 Å². The number of hydrazone groups is 1. The fourth-order valence-electron chi connectivity index (χ4n) is 2.06. The first-order valence-corrected chi connectivity index (χ1v) is 7.30. The third-order valence-electron chi connectivity index (χ3n) is 3.09.